The van der Waals surface area contributed by atoms with E-state index >= 15 is 0 Å². The monoisotopic (exact) mass is 288 g/mol. The highest BCUT2D eigenvalue weighted by molar-refractivity contribution is 7.81. The van der Waals surface area contributed by atoms with E-state index in [1.165, 1.54) is 0 Å². The molecule has 2 atom stereocenters. The van der Waals surface area contributed by atoms with Crippen molar-refractivity contribution in [2.24, 2.45) is 5.92 Å². The Morgan fingerprint density at radius 2 is 2.06 bits per heavy atom. The summed E-state index contributed by atoms with van der Waals surface area (Å²) in [4.78, 5) is 11.4. The van der Waals surface area contributed by atoms with Gasteiger partial charge in [-0.1, -0.05) is 19.3 Å². The maximum atomic E-state index is 12.1. The minimum Gasteiger partial charge on any atom is -0.464 e. The first kappa shape index (κ1) is 15.4. The van der Waals surface area contributed by atoms with E-state index in [1.54, 1.807) is 6.92 Å². The standard InChI is InChI=1S/C10H15F3O4S/c1-2-16-9(14)8(6-7-4-3-5-7)17-18(15)10(11,12)13/h7-8H,2-6H2,1H3. The normalized spacial score (nSPS) is 20.0. The molecule has 106 valence electrons. The number of rotatable bonds is 6. The van der Waals surface area contributed by atoms with Crippen molar-refractivity contribution in [3.63, 3.8) is 0 Å². The van der Waals surface area contributed by atoms with E-state index < -0.39 is 28.7 Å². The number of carbonyl (C=O) groups excluding carboxylic acids is 1. The Morgan fingerprint density at radius 3 is 2.44 bits per heavy atom. The summed E-state index contributed by atoms with van der Waals surface area (Å²) in [6.45, 7) is 1.58. The van der Waals surface area contributed by atoms with Crippen molar-refractivity contribution in [3.8, 4) is 0 Å². The van der Waals surface area contributed by atoms with Crippen molar-refractivity contribution < 1.29 is 31.1 Å². The van der Waals surface area contributed by atoms with Crippen LogP contribution in [0.25, 0.3) is 0 Å². The van der Waals surface area contributed by atoms with Gasteiger partial charge in [-0.15, -0.1) is 0 Å². The lowest BCUT2D eigenvalue weighted by Gasteiger charge is -2.28. The number of esters is 1. The van der Waals surface area contributed by atoms with Gasteiger partial charge in [-0.2, -0.15) is 13.2 Å². The highest BCUT2D eigenvalue weighted by Gasteiger charge is 2.42. The zero-order valence-corrected chi connectivity index (χ0v) is 10.7. The van der Waals surface area contributed by atoms with Crippen LogP contribution in [0.1, 0.15) is 32.6 Å². The molecule has 1 fully saturated rings. The Hall–Kier alpha value is -0.630. The molecule has 0 bridgehead atoms. The largest absolute Gasteiger partial charge is 0.497 e. The predicted octanol–water partition coefficient (Wildman–Crippen LogP) is 2.31. The molecule has 1 aliphatic carbocycles. The van der Waals surface area contributed by atoms with Gasteiger partial charge >= 0.3 is 11.5 Å². The smallest absolute Gasteiger partial charge is 0.464 e. The number of halogens is 3. The molecule has 0 aliphatic heterocycles. The van der Waals surface area contributed by atoms with Crippen molar-refractivity contribution in [2.75, 3.05) is 6.61 Å². The molecule has 0 spiro atoms. The number of alkyl halides is 3. The molecular formula is C10H15F3O4S. The maximum Gasteiger partial charge on any atom is 0.497 e. The zero-order valence-electron chi connectivity index (χ0n) is 9.87. The first-order chi connectivity index (χ1) is 8.34. The molecule has 0 N–H and O–H groups in total. The summed E-state index contributed by atoms with van der Waals surface area (Å²) < 4.78 is 56.1. The van der Waals surface area contributed by atoms with Crippen LogP contribution in [0.15, 0.2) is 0 Å². The average Bonchev–Trinajstić information content (AvgIpc) is 2.19. The fourth-order valence-electron chi connectivity index (χ4n) is 1.60. The van der Waals surface area contributed by atoms with E-state index in [9.17, 15) is 22.2 Å². The summed E-state index contributed by atoms with van der Waals surface area (Å²) in [5, 5.41) is 0. The number of ether oxygens (including phenoxy) is 1. The summed E-state index contributed by atoms with van der Waals surface area (Å²) in [5.41, 5.74) is -4.98. The van der Waals surface area contributed by atoms with Gasteiger partial charge < -0.3 is 4.74 Å². The van der Waals surface area contributed by atoms with Crippen LogP contribution in [-0.2, 0) is 24.8 Å². The molecule has 0 radical (unpaired) electrons. The summed E-state index contributed by atoms with van der Waals surface area (Å²) in [7, 11) is 0. The Kier molecular flexibility index (Phi) is 5.58. The minimum atomic E-state index is -4.98. The van der Waals surface area contributed by atoms with Gasteiger partial charge in [0, 0.05) is 0 Å². The molecule has 0 aromatic rings. The fraction of sp³-hybridized carbons (Fsp3) is 0.900. The summed E-state index contributed by atoms with van der Waals surface area (Å²) in [5.74, 6) is -0.744. The average molecular weight is 288 g/mol. The second-order valence-electron chi connectivity index (χ2n) is 4.05. The van der Waals surface area contributed by atoms with Gasteiger partial charge in [0.2, 0.25) is 0 Å². The lowest BCUT2D eigenvalue weighted by molar-refractivity contribution is -0.152. The molecule has 18 heavy (non-hydrogen) atoms. The Bertz CT molecular complexity index is 315. The third-order valence-corrected chi connectivity index (χ3v) is 3.50. The van der Waals surface area contributed by atoms with Gasteiger partial charge in [0.1, 0.15) is 0 Å². The molecule has 0 aromatic carbocycles. The molecule has 1 aliphatic rings. The lowest BCUT2D eigenvalue weighted by atomic mass is 9.81. The molecule has 1 saturated carbocycles. The lowest BCUT2D eigenvalue weighted by Crippen LogP contribution is -2.34. The molecule has 0 saturated heterocycles. The van der Waals surface area contributed by atoms with Crippen LogP contribution in [0.5, 0.6) is 0 Å². The van der Waals surface area contributed by atoms with Gasteiger partial charge in [-0.3, -0.25) is 4.18 Å². The van der Waals surface area contributed by atoms with Crippen molar-refractivity contribution in [2.45, 2.75) is 44.2 Å². The van der Waals surface area contributed by atoms with Gasteiger partial charge in [-0.25, -0.2) is 9.00 Å². The van der Waals surface area contributed by atoms with Crippen molar-refractivity contribution in [3.05, 3.63) is 0 Å². The second kappa shape index (κ2) is 6.51. The molecule has 4 nitrogen and oxygen atoms in total. The maximum absolute atomic E-state index is 12.1. The summed E-state index contributed by atoms with van der Waals surface area (Å²) in [6.07, 6.45) is 1.40. The third-order valence-electron chi connectivity index (χ3n) is 2.71. The molecule has 0 heterocycles. The molecule has 0 amide bonds. The predicted molar refractivity (Wildman–Crippen MR) is 57.7 cm³/mol. The first-order valence-corrected chi connectivity index (χ1v) is 6.74. The van der Waals surface area contributed by atoms with Crippen LogP contribution in [0.4, 0.5) is 13.2 Å². The number of carbonyl (C=O) groups is 1. The van der Waals surface area contributed by atoms with Crippen LogP contribution in [0, 0.1) is 5.92 Å². The van der Waals surface area contributed by atoms with Crippen molar-refractivity contribution in [1.82, 2.24) is 0 Å². The van der Waals surface area contributed by atoms with Crippen LogP contribution < -0.4 is 0 Å². The topological polar surface area (TPSA) is 52.6 Å². The molecule has 1 rings (SSSR count). The van der Waals surface area contributed by atoms with Crippen LogP contribution in [0.3, 0.4) is 0 Å². The van der Waals surface area contributed by atoms with Gasteiger partial charge in [0.25, 0.3) is 11.1 Å². The zero-order chi connectivity index (χ0) is 13.8. The van der Waals surface area contributed by atoms with Crippen LogP contribution in [0.2, 0.25) is 0 Å². The van der Waals surface area contributed by atoms with Crippen LogP contribution in [-0.4, -0.2) is 28.4 Å². The molecular weight excluding hydrogens is 273 g/mol. The Morgan fingerprint density at radius 1 is 1.44 bits per heavy atom. The number of hydrogen-bond acceptors (Lipinski definition) is 4. The SMILES string of the molecule is CCOC(=O)C(CC1CCC1)OS(=O)C(F)(F)F. The van der Waals surface area contributed by atoms with E-state index in [0.29, 0.717) is 0 Å². The quantitative estimate of drug-likeness (QED) is 0.704. The van der Waals surface area contributed by atoms with Gasteiger partial charge in [-0.05, 0) is 19.3 Å². The highest BCUT2D eigenvalue weighted by atomic mass is 32.2. The van der Waals surface area contributed by atoms with E-state index in [1.807, 2.05) is 0 Å². The van der Waals surface area contributed by atoms with Crippen molar-refractivity contribution >= 4 is 17.0 Å². The minimum absolute atomic E-state index is 0.0437. The van der Waals surface area contributed by atoms with E-state index in [4.69, 9.17) is 0 Å². The van der Waals surface area contributed by atoms with Gasteiger partial charge in [0.15, 0.2) is 6.10 Å². The molecule has 2 unspecified atom stereocenters. The van der Waals surface area contributed by atoms with E-state index in [0.717, 1.165) is 19.3 Å². The van der Waals surface area contributed by atoms with Crippen molar-refractivity contribution in [1.29, 1.82) is 0 Å². The van der Waals surface area contributed by atoms with Gasteiger partial charge in [0.05, 0.1) is 6.61 Å². The first-order valence-electron chi connectivity index (χ1n) is 5.67. The highest BCUT2D eigenvalue weighted by Crippen LogP contribution is 2.32. The molecule has 0 aromatic heterocycles. The van der Waals surface area contributed by atoms with Crippen LogP contribution >= 0.6 is 0 Å². The van der Waals surface area contributed by atoms with E-state index in [2.05, 4.69) is 8.92 Å². The number of hydrogen-bond donors (Lipinski definition) is 0. The summed E-state index contributed by atoms with van der Waals surface area (Å²) >= 11 is -3.49. The Balaban J connectivity index is 2.58. The second-order valence-corrected chi connectivity index (χ2v) is 5.17. The fourth-order valence-corrected chi connectivity index (χ4v) is 2.08. The summed E-state index contributed by atoms with van der Waals surface area (Å²) in [6, 6.07) is 0. The third kappa shape index (κ3) is 4.56. The molecule has 8 heteroatoms. The van der Waals surface area contributed by atoms with E-state index in [-0.39, 0.29) is 18.9 Å². The Labute approximate surface area is 105 Å².